The van der Waals surface area contributed by atoms with E-state index in [1.807, 2.05) is 13.2 Å². The van der Waals surface area contributed by atoms with Crippen LogP contribution < -0.4 is 11.1 Å². The molecular formula is C12H20N4O. The smallest absolute Gasteiger partial charge is 0.220 e. The summed E-state index contributed by atoms with van der Waals surface area (Å²) in [5, 5.41) is 6.97. The molecule has 1 saturated carbocycles. The molecule has 1 aromatic heterocycles. The van der Waals surface area contributed by atoms with Crippen LogP contribution in [0.15, 0.2) is 12.4 Å². The summed E-state index contributed by atoms with van der Waals surface area (Å²) in [5.41, 5.74) is 6.97. The van der Waals surface area contributed by atoms with Crippen LogP contribution in [0.3, 0.4) is 0 Å². The fourth-order valence-corrected chi connectivity index (χ4v) is 2.39. The second-order valence-corrected chi connectivity index (χ2v) is 4.86. The van der Waals surface area contributed by atoms with Crippen molar-refractivity contribution in [1.82, 2.24) is 15.1 Å². The Hall–Kier alpha value is -1.36. The highest BCUT2D eigenvalue weighted by atomic mass is 16.1. The van der Waals surface area contributed by atoms with Gasteiger partial charge < -0.3 is 11.1 Å². The summed E-state index contributed by atoms with van der Waals surface area (Å²) in [6, 6.07) is 0.208. The van der Waals surface area contributed by atoms with Gasteiger partial charge in [0.2, 0.25) is 5.91 Å². The van der Waals surface area contributed by atoms with Crippen LogP contribution in [0.5, 0.6) is 0 Å². The highest BCUT2D eigenvalue weighted by Crippen LogP contribution is 2.26. The Morgan fingerprint density at radius 3 is 3.06 bits per heavy atom. The number of nitrogens with zero attached hydrogens (tertiary/aromatic N) is 2. The lowest BCUT2D eigenvalue weighted by Gasteiger charge is -2.14. The van der Waals surface area contributed by atoms with E-state index < -0.39 is 0 Å². The monoisotopic (exact) mass is 236 g/mol. The molecule has 0 radical (unpaired) electrons. The van der Waals surface area contributed by atoms with Crippen LogP contribution in [0.1, 0.15) is 31.2 Å². The van der Waals surface area contributed by atoms with E-state index in [0.29, 0.717) is 18.9 Å². The van der Waals surface area contributed by atoms with Crippen molar-refractivity contribution in [2.75, 3.05) is 0 Å². The summed E-state index contributed by atoms with van der Waals surface area (Å²) in [7, 11) is 1.86. The first kappa shape index (κ1) is 12.1. The molecule has 1 aliphatic carbocycles. The van der Waals surface area contributed by atoms with E-state index in [-0.39, 0.29) is 11.9 Å². The third kappa shape index (κ3) is 3.30. The number of hydrogen-bond donors (Lipinski definition) is 2. The van der Waals surface area contributed by atoms with Crippen molar-refractivity contribution >= 4 is 5.91 Å². The molecule has 2 rings (SSSR count). The fourth-order valence-electron chi connectivity index (χ4n) is 2.39. The molecule has 0 spiro atoms. The SMILES string of the molecule is Cn1cc(CNC(=O)C[C@@H]2CCC[C@H]2N)cn1. The lowest BCUT2D eigenvalue weighted by Crippen LogP contribution is -2.31. The maximum absolute atomic E-state index is 11.7. The minimum Gasteiger partial charge on any atom is -0.352 e. The van der Waals surface area contributed by atoms with Gasteiger partial charge in [0.1, 0.15) is 0 Å². The quantitative estimate of drug-likeness (QED) is 0.802. The van der Waals surface area contributed by atoms with Crippen molar-refractivity contribution in [3.8, 4) is 0 Å². The van der Waals surface area contributed by atoms with Crippen molar-refractivity contribution in [2.24, 2.45) is 18.7 Å². The van der Waals surface area contributed by atoms with E-state index in [2.05, 4.69) is 10.4 Å². The fraction of sp³-hybridized carbons (Fsp3) is 0.667. The number of hydrogen-bond acceptors (Lipinski definition) is 3. The van der Waals surface area contributed by atoms with E-state index in [4.69, 9.17) is 5.73 Å². The van der Waals surface area contributed by atoms with Crippen LogP contribution >= 0.6 is 0 Å². The molecule has 0 aromatic carbocycles. The predicted octanol–water partition coefficient (Wildman–Crippen LogP) is 0.554. The number of nitrogens with two attached hydrogens (primary N) is 1. The van der Waals surface area contributed by atoms with Gasteiger partial charge in [-0.25, -0.2) is 0 Å². The molecule has 0 bridgehead atoms. The molecule has 2 atom stereocenters. The van der Waals surface area contributed by atoms with Crippen LogP contribution in [-0.2, 0) is 18.4 Å². The Kier molecular flexibility index (Phi) is 3.78. The van der Waals surface area contributed by atoms with Crippen LogP contribution in [0.2, 0.25) is 0 Å². The van der Waals surface area contributed by atoms with E-state index >= 15 is 0 Å². The molecule has 1 amide bonds. The number of amides is 1. The highest BCUT2D eigenvalue weighted by Gasteiger charge is 2.25. The van der Waals surface area contributed by atoms with E-state index in [9.17, 15) is 4.79 Å². The summed E-state index contributed by atoms with van der Waals surface area (Å²) in [4.78, 5) is 11.7. The first-order valence-corrected chi connectivity index (χ1v) is 6.15. The van der Waals surface area contributed by atoms with E-state index in [1.165, 1.54) is 0 Å². The summed E-state index contributed by atoms with van der Waals surface area (Å²) in [6.07, 6.45) is 7.52. The Labute approximate surface area is 101 Å². The average Bonchev–Trinajstić information content (AvgIpc) is 2.86. The maximum atomic E-state index is 11.7. The number of aryl methyl sites for hydroxylation is 1. The molecule has 1 heterocycles. The van der Waals surface area contributed by atoms with Gasteiger partial charge in [-0.3, -0.25) is 9.48 Å². The van der Waals surface area contributed by atoms with Gasteiger partial charge in [-0.1, -0.05) is 6.42 Å². The molecule has 5 heteroatoms. The Balaban J connectivity index is 1.74. The molecule has 3 N–H and O–H groups in total. The van der Waals surface area contributed by atoms with Crippen molar-refractivity contribution < 1.29 is 4.79 Å². The van der Waals surface area contributed by atoms with Gasteiger partial charge in [0.25, 0.3) is 0 Å². The van der Waals surface area contributed by atoms with Crippen molar-refractivity contribution in [2.45, 2.75) is 38.3 Å². The Morgan fingerprint density at radius 2 is 2.47 bits per heavy atom. The molecule has 94 valence electrons. The third-order valence-corrected chi connectivity index (χ3v) is 3.41. The third-order valence-electron chi connectivity index (χ3n) is 3.41. The number of aromatic nitrogens is 2. The van der Waals surface area contributed by atoms with Crippen molar-refractivity contribution in [1.29, 1.82) is 0 Å². The minimum atomic E-state index is 0.0937. The maximum Gasteiger partial charge on any atom is 0.220 e. The van der Waals surface area contributed by atoms with Crippen LogP contribution in [0, 0.1) is 5.92 Å². The molecule has 0 aliphatic heterocycles. The van der Waals surface area contributed by atoms with Gasteiger partial charge in [0, 0.05) is 37.8 Å². The van der Waals surface area contributed by atoms with Gasteiger partial charge in [0.15, 0.2) is 0 Å². The molecule has 0 unspecified atom stereocenters. The van der Waals surface area contributed by atoms with Gasteiger partial charge in [-0.05, 0) is 18.8 Å². The summed E-state index contributed by atoms with van der Waals surface area (Å²) in [6.45, 7) is 0.550. The lowest BCUT2D eigenvalue weighted by atomic mass is 10.00. The Bertz CT molecular complexity index is 388. The van der Waals surface area contributed by atoms with E-state index in [0.717, 1.165) is 24.8 Å². The molecule has 5 nitrogen and oxygen atoms in total. The normalized spacial score (nSPS) is 23.9. The molecule has 0 saturated heterocycles. The zero-order chi connectivity index (χ0) is 12.3. The summed E-state index contributed by atoms with van der Waals surface area (Å²) < 4.78 is 1.73. The lowest BCUT2D eigenvalue weighted by molar-refractivity contribution is -0.122. The standard InChI is InChI=1S/C12H20N4O/c1-16-8-9(7-15-16)6-14-12(17)5-10-3-2-4-11(10)13/h7-8,10-11H,2-6,13H2,1H3,(H,14,17)/t10-,11+/m0/s1. The second-order valence-electron chi connectivity index (χ2n) is 4.86. The number of carbonyl (C=O) groups is 1. The van der Waals surface area contributed by atoms with Crippen LogP contribution in [0.4, 0.5) is 0 Å². The van der Waals surface area contributed by atoms with Crippen LogP contribution in [0.25, 0.3) is 0 Å². The summed E-state index contributed by atoms with van der Waals surface area (Å²) >= 11 is 0. The van der Waals surface area contributed by atoms with Crippen molar-refractivity contribution in [3.63, 3.8) is 0 Å². The molecule has 1 fully saturated rings. The van der Waals surface area contributed by atoms with Crippen molar-refractivity contribution in [3.05, 3.63) is 18.0 Å². The van der Waals surface area contributed by atoms with E-state index in [1.54, 1.807) is 10.9 Å². The first-order chi connectivity index (χ1) is 8.15. The van der Waals surface area contributed by atoms with Gasteiger partial charge in [-0.15, -0.1) is 0 Å². The largest absolute Gasteiger partial charge is 0.352 e. The highest BCUT2D eigenvalue weighted by molar-refractivity contribution is 5.76. The van der Waals surface area contributed by atoms with Gasteiger partial charge in [-0.2, -0.15) is 5.10 Å². The van der Waals surface area contributed by atoms with Crippen LogP contribution in [-0.4, -0.2) is 21.7 Å². The zero-order valence-corrected chi connectivity index (χ0v) is 10.2. The topological polar surface area (TPSA) is 72.9 Å². The molecule has 1 aliphatic rings. The molecule has 17 heavy (non-hydrogen) atoms. The Morgan fingerprint density at radius 1 is 1.65 bits per heavy atom. The zero-order valence-electron chi connectivity index (χ0n) is 10.2. The number of rotatable bonds is 4. The molecular weight excluding hydrogens is 216 g/mol. The summed E-state index contributed by atoms with van der Waals surface area (Å²) in [5.74, 6) is 0.458. The second kappa shape index (κ2) is 5.31. The number of nitrogens with one attached hydrogen (secondary N) is 1. The first-order valence-electron chi connectivity index (χ1n) is 6.15. The predicted molar refractivity (Wildman–Crippen MR) is 65.0 cm³/mol. The number of carbonyl (C=O) groups excluding carboxylic acids is 1. The minimum absolute atomic E-state index is 0.0937. The van der Waals surface area contributed by atoms with Gasteiger partial charge >= 0.3 is 0 Å². The van der Waals surface area contributed by atoms with Gasteiger partial charge in [0.05, 0.1) is 6.20 Å². The molecule has 1 aromatic rings. The average molecular weight is 236 g/mol.